The molecule has 12 heteroatoms. The number of benzene rings is 2. The largest absolute Gasteiger partial charge is 0.416 e. The minimum Gasteiger partial charge on any atom is -0.385 e. The lowest BCUT2D eigenvalue weighted by Crippen LogP contribution is -2.43. The highest BCUT2D eigenvalue weighted by Gasteiger charge is 2.37. The third kappa shape index (κ3) is 8.11. The second kappa shape index (κ2) is 12.7. The van der Waals surface area contributed by atoms with Crippen molar-refractivity contribution in [1.29, 1.82) is 5.41 Å². The number of aliphatic hydroxyl groups is 1. The van der Waals surface area contributed by atoms with Crippen molar-refractivity contribution in [2.75, 3.05) is 26.2 Å². The molecule has 2 heterocycles. The lowest BCUT2D eigenvalue weighted by atomic mass is 9.84. The summed E-state index contributed by atoms with van der Waals surface area (Å²) in [5, 5.41) is 27.7. The van der Waals surface area contributed by atoms with Gasteiger partial charge in [-0.3, -0.25) is 0 Å². The highest BCUT2D eigenvalue weighted by atomic mass is 19.4. The predicted molar refractivity (Wildman–Crippen MR) is 139 cm³/mol. The number of hydrogen-bond donors (Lipinski definition) is 2. The van der Waals surface area contributed by atoms with Gasteiger partial charge in [0, 0.05) is 30.9 Å². The van der Waals surface area contributed by atoms with E-state index in [9.17, 15) is 31.4 Å². The summed E-state index contributed by atoms with van der Waals surface area (Å²) in [6.45, 7) is 1.01. The highest BCUT2D eigenvalue weighted by Crippen LogP contribution is 2.37. The van der Waals surface area contributed by atoms with Gasteiger partial charge in [-0.2, -0.15) is 36.5 Å². The fraction of sp³-hybridized carbons (Fsp3) is 0.414. The summed E-state index contributed by atoms with van der Waals surface area (Å²) in [7, 11) is 0. The molecule has 0 saturated carbocycles. The van der Waals surface area contributed by atoms with E-state index in [1.807, 2.05) is 30.3 Å². The molecule has 220 valence electrons. The van der Waals surface area contributed by atoms with Gasteiger partial charge >= 0.3 is 12.4 Å². The zero-order chi connectivity index (χ0) is 29.7. The molecule has 1 aliphatic rings. The van der Waals surface area contributed by atoms with Crippen molar-refractivity contribution >= 4 is 5.71 Å². The average molecular weight is 581 g/mol. The third-order valence-corrected chi connectivity index (χ3v) is 7.27. The van der Waals surface area contributed by atoms with E-state index in [2.05, 4.69) is 15.1 Å². The fourth-order valence-electron chi connectivity index (χ4n) is 4.98. The van der Waals surface area contributed by atoms with Gasteiger partial charge in [-0.15, -0.1) is 0 Å². The van der Waals surface area contributed by atoms with Crippen molar-refractivity contribution in [3.63, 3.8) is 0 Å². The van der Waals surface area contributed by atoms with Crippen LogP contribution < -0.4 is 0 Å². The number of rotatable bonds is 10. The molecule has 0 bridgehead atoms. The van der Waals surface area contributed by atoms with Gasteiger partial charge in [0.1, 0.15) is 0 Å². The Balaban J connectivity index is 1.38. The summed E-state index contributed by atoms with van der Waals surface area (Å²) in [5.74, 6) is -0.522. The quantitative estimate of drug-likeness (QED) is 0.220. The van der Waals surface area contributed by atoms with Crippen molar-refractivity contribution in [3.8, 4) is 0 Å². The number of piperidine rings is 1. The van der Waals surface area contributed by atoms with E-state index < -0.39 is 41.6 Å². The van der Waals surface area contributed by atoms with Crippen LogP contribution in [-0.4, -0.2) is 52.2 Å². The summed E-state index contributed by atoms with van der Waals surface area (Å²) >= 11 is 0. The van der Waals surface area contributed by atoms with Gasteiger partial charge in [-0.05, 0) is 67.3 Å². The fourth-order valence-corrected chi connectivity index (χ4v) is 4.98. The van der Waals surface area contributed by atoms with Crippen molar-refractivity contribution in [2.24, 2.45) is 0 Å². The first kappa shape index (κ1) is 30.6. The smallest absolute Gasteiger partial charge is 0.385 e. The molecular formula is C29H30F6N4O2. The van der Waals surface area contributed by atoms with E-state index in [1.54, 1.807) is 12.1 Å². The molecule has 0 aliphatic carbocycles. The third-order valence-electron chi connectivity index (χ3n) is 7.27. The Hall–Kier alpha value is -3.35. The second-order valence-electron chi connectivity index (χ2n) is 10.2. The van der Waals surface area contributed by atoms with Crippen LogP contribution in [0.1, 0.15) is 53.1 Å². The van der Waals surface area contributed by atoms with Crippen LogP contribution in [0.2, 0.25) is 0 Å². The standard InChI is InChI=1S/C29H30F6N4O2/c30-28(31,32)22-15-20(16-23(17-22)29(33,34)35)18-41-19-25(36)24(26-7-4-11-37-38-26)8-12-39-13-9-27(40,10-14-39)21-5-2-1-3-6-21/h1-7,11,15-17,24,36,40H,8-10,12-14,18-19H2. The normalized spacial score (nSPS) is 16.9. The summed E-state index contributed by atoms with van der Waals surface area (Å²) in [4.78, 5) is 2.18. The number of hydrogen-bond acceptors (Lipinski definition) is 6. The van der Waals surface area contributed by atoms with Crippen LogP contribution in [-0.2, 0) is 29.3 Å². The van der Waals surface area contributed by atoms with Crippen molar-refractivity contribution in [1.82, 2.24) is 15.1 Å². The van der Waals surface area contributed by atoms with Gasteiger partial charge in [0.2, 0.25) is 0 Å². The molecule has 2 aromatic carbocycles. The van der Waals surface area contributed by atoms with E-state index in [1.165, 1.54) is 6.20 Å². The van der Waals surface area contributed by atoms with Gasteiger partial charge in [0.05, 0.1) is 35.6 Å². The molecule has 1 aliphatic heterocycles. The lowest BCUT2D eigenvalue weighted by Gasteiger charge is -2.39. The maximum absolute atomic E-state index is 13.2. The van der Waals surface area contributed by atoms with Crippen LogP contribution in [0.4, 0.5) is 26.3 Å². The van der Waals surface area contributed by atoms with E-state index in [-0.39, 0.29) is 23.9 Å². The Bertz CT molecular complexity index is 1260. The van der Waals surface area contributed by atoms with Crippen molar-refractivity contribution in [3.05, 3.63) is 94.8 Å². The molecule has 1 aromatic heterocycles. The monoisotopic (exact) mass is 580 g/mol. The summed E-state index contributed by atoms with van der Waals surface area (Å²) in [6, 6.07) is 14.2. The van der Waals surface area contributed by atoms with Gasteiger partial charge in [0.25, 0.3) is 0 Å². The van der Waals surface area contributed by atoms with Gasteiger partial charge < -0.3 is 20.2 Å². The molecule has 0 radical (unpaired) electrons. The number of ether oxygens (including phenoxy) is 1. The minimum atomic E-state index is -4.95. The molecule has 41 heavy (non-hydrogen) atoms. The molecule has 0 amide bonds. The van der Waals surface area contributed by atoms with Gasteiger partial charge in [-0.1, -0.05) is 30.3 Å². The van der Waals surface area contributed by atoms with E-state index in [0.717, 1.165) is 5.56 Å². The molecule has 3 aromatic rings. The maximum atomic E-state index is 13.2. The Labute approximate surface area is 233 Å². The van der Waals surface area contributed by atoms with Crippen molar-refractivity contribution < 1.29 is 36.2 Å². The Morgan fingerprint density at radius 2 is 1.59 bits per heavy atom. The first-order valence-electron chi connectivity index (χ1n) is 13.1. The number of aromatic nitrogens is 2. The van der Waals surface area contributed by atoms with Gasteiger partial charge in [-0.25, -0.2) is 0 Å². The zero-order valence-corrected chi connectivity index (χ0v) is 22.0. The number of nitrogens with zero attached hydrogens (tertiary/aromatic N) is 3. The number of halogens is 6. The first-order chi connectivity index (χ1) is 19.3. The SMILES string of the molecule is N=C(COCc1cc(C(F)(F)F)cc(C(F)(F)F)c1)C(CCN1CCC(O)(c2ccccc2)CC1)c1cccnn1. The minimum absolute atomic E-state index is 0.0664. The molecule has 1 unspecified atom stereocenters. The number of nitrogens with one attached hydrogen (secondary N) is 1. The molecule has 2 N–H and O–H groups in total. The topological polar surface area (TPSA) is 82.3 Å². The van der Waals surface area contributed by atoms with E-state index in [0.29, 0.717) is 56.7 Å². The Morgan fingerprint density at radius 3 is 2.15 bits per heavy atom. The van der Waals surface area contributed by atoms with Crippen LogP contribution in [0.3, 0.4) is 0 Å². The molecule has 4 rings (SSSR count). The summed E-state index contributed by atoms with van der Waals surface area (Å²) in [6.07, 6.45) is -6.86. The molecule has 1 saturated heterocycles. The van der Waals surface area contributed by atoms with E-state index >= 15 is 0 Å². The molecule has 1 atom stereocenters. The van der Waals surface area contributed by atoms with Crippen LogP contribution >= 0.6 is 0 Å². The maximum Gasteiger partial charge on any atom is 0.416 e. The number of likely N-dealkylation sites (tertiary alicyclic amines) is 1. The average Bonchev–Trinajstić information content (AvgIpc) is 2.94. The van der Waals surface area contributed by atoms with Crippen LogP contribution in [0.15, 0.2) is 66.9 Å². The van der Waals surface area contributed by atoms with Gasteiger partial charge in [0.15, 0.2) is 0 Å². The number of alkyl halides is 6. The summed E-state index contributed by atoms with van der Waals surface area (Å²) < 4.78 is 84.5. The molecule has 1 fully saturated rings. The van der Waals surface area contributed by atoms with Crippen LogP contribution in [0.25, 0.3) is 0 Å². The highest BCUT2D eigenvalue weighted by molar-refractivity contribution is 5.89. The first-order valence-corrected chi connectivity index (χ1v) is 13.1. The van der Waals surface area contributed by atoms with E-state index in [4.69, 9.17) is 10.1 Å². The Morgan fingerprint density at radius 1 is 0.951 bits per heavy atom. The summed E-state index contributed by atoms with van der Waals surface area (Å²) in [5.41, 5.74) is -2.57. The van der Waals surface area contributed by atoms with Crippen molar-refractivity contribution in [2.45, 2.75) is 49.7 Å². The molecule has 6 nitrogen and oxygen atoms in total. The van der Waals surface area contributed by atoms with Crippen LogP contribution in [0, 0.1) is 5.41 Å². The second-order valence-corrected chi connectivity index (χ2v) is 10.2. The Kier molecular flexibility index (Phi) is 9.45. The lowest BCUT2D eigenvalue weighted by molar-refractivity contribution is -0.143. The van der Waals surface area contributed by atoms with Crippen LogP contribution in [0.5, 0.6) is 0 Å². The predicted octanol–water partition coefficient (Wildman–Crippen LogP) is 6.21. The molecule has 0 spiro atoms. The molecular weight excluding hydrogens is 550 g/mol. The zero-order valence-electron chi connectivity index (χ0n) is 22.0.